The molecule has 0 aromatic heterocycles. The molecule has 1 aromatic carbocycles. The molecule has 5 heteroatoms. The van der Waals surface area contributed by atoms with Crippen molar-refractivity contribution in [1.29, 1.82) is 0 Å². The first-order chi connectivity index (χ1) is 10.1. The van der Waals surface area contributed by atoms with Crippen LogP contribution in [0.5, 0.6) is 5.75 Å². The van der Waals surface area contributed by atoms with E-state index in [2.05, 4.69) is 0 Å². The Balaban J connectivity index is 1.62. The predicted octanol–water partition coefficient (Wildman–Crippen LogP) is 1.10. The number of fused-ring (bicyclic) bond motifs is 1. The highest BCUT2D eigenvalue weighted by atomic mass is 16.5. The number of rotatable bonds is 3. The summed E-state index contributed by atoms with van der Waals surface area (Å²) in [4.78, 5) is 25.9. The number of likely N-dealkylation sites (tertiary alicyclic amines) is 1. The Morgan fingerprint density at radius 2 is 2.14 bits per heavy atom. The van der Waals surface area contributed by atoms with Crippen LogP contribution in [0.1, 0.15) is 18.4 Å². The third kappa shape index (κ3) is 2.93. The maximum atomic E-state index is 12.3. The highest BCUT2D eigenvalue weighted by Gasteiger charge is 2.43. The molecule has 2 heterocycles. The van der Waals surface area contributed by atoms with Gasteiger partial charge in [0.25, 0.3) is 0 Å². The van der Waals surface area contributed by atoms with Crippen LogP contribution in [-0.4, -0.2) is 47.0 Å². The highest BCUT2D eigenvalue weighted by molar-refractivity contribution is 5.94. The van der Waals surface area contributed by atoms with Crippen LogP contribution >= 0.6 is 0 Å². The van der Waals surface area contributed by atoms with Crippen molar-refractivity contribution in [2.75, 3.05) is 13.2 Å². The summed E-state index contributed by atoms with van der Waals surface area (Å²) in [6.45, 7) is 0.734. The van der Waals surface area contributed by atoms with Crippen molar-refractivity contribution in [3.05, 3.63) is 36.2 Å². The molecule has 21 heavy (non-hydrogen) atoms. The summed E-state index contributed by atoms with van der Waals surface area (Å²) >= 11 is 0. The molecule has 2 atom stereocenters. The second kappa shape index (κ2) is 5.85. The Bertz CT molecular complexity index is 540. The average molecular weight is 288 g/mol. The molecule has 0 saturated carbocycles. The van der Waals surface area contributed by atoms with Crippen LogP contribution in [0.2, 0.25) is 0 Å². The molecule has 2 unspecified atom stereocenters. The summed E-state index contributed by atoms with van der Waals surface area (Å²) in [5.74, 6) is 0.0976. The van der Waals surface area contributed by atoms with Gasteiger partial charge in [0, 0.05) is 6.54 Å². The molecule has 5 nitrogen and oxygen atoms in total. The number of hydrogen-bond donors (Lipinski definition) is 1. The molecule has 3 rings (SSSR count). The zero-order chi connectivity index (χ0) is 14.8. The quantitative estimate of drug-likeness (QED) is 0.904. The SMILES string of the molecule is O=C1COC2CCCN(C(=O)[CH]Cc3ccc(O)cc3)C12. The van der Waals surface area contributed by atoms with Crippen LogP contribution < -0.4 is 0 Å². The van der Waals surface area contributed by atoms with Gasteiger partial charge in [-0.25, -0.2) is 0 Å². The normalized spacial score (nSPS) is 25.0. The van der Waals surface area contributed by atoms with E-state index in [4.69, 9.17) is 4.74 Å². The van der Waals surface area contributed by atoms with Gasteiger partial charge in [-0.2, -0.15) is 0 Å². The fourth-order valence-corrected chi connectivity index (χ4v) is 2.99. The van der Waals surface area contributed by atoms with Crippen LogP contribution in [0, 0.1) is 6.42 Å². The van der Waals surface area contributed by atoms with Gasteiger partial charge in [0.1, 0.15) is 18.4 Å². The molecule has 0 aliphatic carbocycles. The summed E-state index contributed by atoms with van der Waals surface area (Å²) in [6.07, 6.45) is 3.67. The fourth-order valence-electron chi connectivity index (χ4n) is 2.99. The van der Waals surface area contributed by atoms with Gasteiger partial charge in [-0.05, 0) is 37.0 Å². The van der Waals surface area contributed by atoms with Crippen LogP contribution in [0.3, 0.4) is 0 Å². The number of ketones is 1. The Kier molecular flexibility index (Phi) is 3.92. The largest absolute Gasteiger partial charge is 0.508 e. The monoisotopic (exact) mass is 288 g/mol. The number of nitrogens with zero attached hydrogens (tertiary/aromatic N) is 1. The Morgan fingerprint density at radius 3 is 2.90 bits per heavy atom. The van der Waals surface area contributed by atoms with Gasteiger partial charge in [-0.3, -0.25) is 9.59 Å². The van der Waals surface area contributed by atoms with E-state index in [0.29, 0.717) is 13.0 Å². The smallest absolute Gasteiger partial charge is 0.227 e. The number of hydrogen-bond acceptors (Lipinski definition) is 4. The first kappa shape index (κ1) is 14.1. The van der Waals surface area contributed by atoms with Crippen molar-refractivity contribution in [1.82, 2.24) is 4.90 Å². The molecule has 0 spiro atoms. The highest BCUT2D eigenvalue weighted by Crippen LogP contribution is 2.26. The van der Waals surface area contributed by atoms with Gasteiger partial charge in [-0.1, -0.05) is 12.1 Å². The van der Waals surface area contributed by atoms with Crippen molar-refractivity contribution in [2.45, 2.75) is 31.4 Å². The van der Waals surface area contributed by atoms with Gasteiger partial charge in [0.05, 0.1) is 12.5 Å². The third-order valence-corrected chi connectivity index (χ3v) is 4.08. The molecular formula is C16H18NO4. The molecule has 1 aromatic rings. The zero-order valence-corrected chi connectivity index (χ0v) is 11.7. The summed E-state index contributed by atoms with van der Waals surface area (Å²) in [7, 11) is 0. The lowest BCUT2D eigenvalue weighted by molar-refractivity contribution is -0.137. The van der Waals surface area contributed by atoms with Crippen LogP contribution in [0.15, 0.2) is 24.3 Å². The molecule has 1 N–H and O–H groups in total. The van der Waals surface area contributed by atoms with Gasteiger partial charge in [0.15, 0.2) is 5.78 Å². The van der Waals surface area contributed by atoms with E-state index >= 15 is 0 Å². The summed E-state index contributed by atoms with van der Waals surface area (Å²) in [5, 5.41) is 9.23. The molecule has 1 radical (unpaired) electrons. The molecular weight excluding hydrogens is 270 g/mol. The molecule has 2 aliphatic heterocycles. The minimum Gasteiger partial charge on any atom is -0.508 e. The van der Waals surface area contributed by atoms with E-state index < -0.39 is 6.04 Å². The van der Waals surface area contributed by atoms with Crippen LogP contribution in [-0.2, 0) is 20.7 Å². The summed E-state index contributed by atoms with van der Waals surface area (Å²) < 4.78 is 5.44. The summed E-state index contributed by atoms with van der Waals surface area (Å²) in [5.41, 5.74) is 0.948. The van der Waals surface area contributed by atoms with Crippen molar-refractivity contribution < 1.29 is 19.4 Å². The van der Waals surface area contributed by atoms with E-state index in [0.717, 1.165) is 18.4 Å². The number of amides is 1. The number of ether oxygens (including phenoxy) is 1. The molecule has 0 bridgehead atoms. The number of phenols is 1. The second-order valence-corrected chi connectivity index (χ2v) is 5.51. The Labute approximate surface area is 123 Å². The first-order valence-electron chi connectivity index (χ1n) is 7.21. The fraction of sp³-hybridized carbons (Fsp3) is 0.438. The van der Waals surface area contributed by atoms with Crippen molar-refractivity contribution >= 4 is 11.7 Å². The number of piperidine rings is 1. The van der Waals surface area contributed by atoms with Gasteiger partial charge < -0.3 is 14.7 Å². The molecule has 2 aliphatic rings. The topological polar surface area (TPSA) is 66.8 Å². The first-order valence-corrected chi connectivity index (χ1v) is 7.21. The van der Waals surface area contributed by atoms with Crippen LogP contribution in [0.25, 0.3) is 0 Å². The summed E-state index contributed by atoms with van der Waals surface area (Å²) in [6, 6.07) is 6.35. The van der Waals surface area contributed by atoms with Gasteiger partial charge >= 0.3 is 0 Å². The molecule has 2 fully saturated rings. The zero-order valence-electron chi connectivity index (χ0n) is 11.7. The second-order valence-electron chi connectivity index (χ2n) is 5.51. The standard InChI is InChI=1S/C16H18NO4/c18-12-6-3-11(4-7-12)5-8-15(20)17-9-1-2-14-16(17)13(19)10-21-14/h3-4,6-8,14,16,18H,1-2,5,9-10H2. The maximum absolute atomic E-state index is 12.3. The van der Waals surface area contributed by atoms with Gasteiger partial charge in [-0.15, -0.1) is 0 Å². The lowest BCUT2D eigenvalue weighted by atomic mass is 9.97. The Hall–Kier alpha value is -1.88. The maximum Gasteiger partial charge on any atom is 0.227 e. The molecule has 2 saturated heterocycles. The Morgan fingerprint density at radius 1 is 1.38 bits per heavy atom. The number of carbonyl (C=O) groups excluding carboxylic acids is 2. The molecule has 1 amide bonds. The predicted molar refractivity (Wildman–Crippen MR) is 75.6 cm³/mol. The lowest BCUT2D eigenvalue weighted by Gasteiger charge is -2.35. The van der Waals surface area contributed by atoms with E-state index in [-0.39, 0.29) is 30.2 Å². The minimum atomic E-state index is -0.401. The average Bonchev–Trinajstić information content (AvgIpc) is 2.88. The third-order valence-electron chi connectivity index (χ3n) is 4.08. The number of aromatic hydroxyl groups is 1. The van der Waals surface area contributed by atoms with Gasteiger partial charge in [0.2, 0.25) is 5.91 Å². The number of phenolic OH excluding ortho intramolecular Hbond substituents is 1. The lowest BCUT2D eigenvalue weighted by Crippen LogP contribution is -2.52. The van der Waals surface area contributed by atoms with Crippen molar-refractivity contribution in [3.8, 4) is 5.75 Å². The van der Waals surface area contributed by atoms with E-state index in [1.165, 1.54) is 0 Å². The van der Waals surface area contributed by atoms with Crippen molar-refractivity contribution in [3.63, 3.8) is 0 Å². The van der Waals surface area contributed by atoms with E-state index in [1.54, 1.807) is 35.6 Å². The van der Waals surface area contributed by atoms with E-state index in [1.807, 2.05) is 0 Å². The number of carbonyl (C=O) groups is 2. The molecule has 111 valence electrons. The minimum absolute atomic E-state index is 0.00563. The van der Waals surface area contributed by atoms with Crippen molar-refractivity contribution in [2.24, 2.45) is 0 Å². The number of Topliss-reactive ketones (excluding diaryl/α,β-unsaturated/α-hetero) is 1. The van der Waals surface area contributed by atoms with Crippen LogP contribution in [0.4, 0.5) is 0 Å². The number of benzene rings is 1. The van der Waals surface area contributed by atoms with E-state index in [9.17, 15) is 14.7 Å².